The molecule has 12 heteroatoms. The Labute approximate surface area is 216 Å². The molecule has 0 spiro atoms. The molecule has 1 N–H and O–H groups in total. The number of amides is 1. The zero-order chi connectivity index (χ0) is 26.5. The SMILES string of the molecule is N#C/C(=C/c1cc(Cl)c(OCc2ccc([N+](=O)[O-])cc2)c(Br)c1)C(=O)Nc1cccc(C(F)(F)F)c1. The maximum Gasteiger partial charge on any atom is 0.416 e. The van der Waals surface area contributed by atoms with Crippen LogP contribution in [0.1, 0.15) is 16.7 Å². The molecule has 0 aliphatic carbocycles. The van der Waals surface area contributed by atoms with E-state index in [-0.39, 0.29) is 34.3 Å². The number of hydrogen-bond donors (Lipinski definition) is 1. The number of nitro groups is 1. The highest BCUT2D eigenvalue weighted by Crippen LogP contribution is 2.36. The van der Waals surface area contributed by atoms with Crippen molar-refractivity contribution in [2.24, 2.45) is 0 Å². The van der Waals surface area contributed by atoms with Crippen LogP contribution in [0.2, 0.25) is 5.02 Å². The molecule has 3 rings (SSSR count). The number of nitro benzene ring substituents is 1. The molecule has 1 amide bonds. The Morgan fingerprint density at radius 1 is 1.19 bits per heavy atom. The fourth-order valence-electron chi connectivity index (χ4n) is 2.96. The van der Waals surface area contributed by atoms with Crippen LogP contribution in [0.15, 0.2) is 70.7 Å². The quantitative estimate of drug-likeness (QED) is 0.138. The van der Waals surface area contributed by atoms with Gasteiger partial charge in [0.05, 0.1) is 20.0 Å². The number of anilines is 1. The predicted octanol–water partition coefficient (Wildman–Crippen LogP) is 7.15. The molecule has 0 unspecified atom stereocenters. The highest BCUT2D eigenvalue weighted by Gasteiger charge is 2.30. The largest absolute Gasteiger partial charge is 0.486 e. The number of benzene rings is 3. The van der Waals surface area contributed by atoms with Crippen molar-refractivity contribution in [3.05, 3.63) is 103 Å². The first-order valence-electron chi connectivity index (χ1n) is 9.93. The summed E-state index contributed by atoms with van der Waals surface area (Å²) in [6, 6.07) is 14.5. The molecular formula is C24H14BrClF3N3O4. The first kappa shape index (κ1) is 26.7. The Kier molecular flexibility index (Phi) is 8.34. The Balaban J connectivity index is 1.75. The number of alkyl halides is 3. The van der Waals surface area contributed by atoms with Crippen molar-refractivity contribution in [3.63, 3.8) is 0 Å². The summed E-state index contributed by atoms with van der Waals surface area (Å²) in [5.74, 6) is -0.637. The number of halogens is 5. The topological polar surface area (TPSA) is 105 Å². The Morgan fingerprint density at radius 3 is 2.47 bits per heavy atom. The fraction of sp³-hybridized carbons (Fsp3) is 0.0833. The zero-order valence-electron chi connectivity index (χ0n) is 18.0. The van der Waals surface area contributed by atoms with Gasteiger partial charge in [0.25, 0.3) is 11.6 Å². The van der Waals surface area contributed by atoms with E-state index in [2.05, 4.69) is 21.2 Å². The average Bonchev–Trinajstić information content (AvgIpc) is 2.82. The molecule has 0 atom stereocenters. The van der Waals surface area contributed by atoms with Gasteiger partial charge in [-0.1, -0.05) is 17.7 Å². The highest BCUT2D eigenvalue weighted by atomic mass is 79.9. The van der Waals surface area contributed by atoms with Gasteiger partial charge in [-0.2, -0.15) is 18.4 Å². The summed E-state index contributed by atoms with van der Waals surface area (Å²) in [7, 11) is 0. The summed E-state index contributed by atoms with van der Waals surface area (Å²) < 4.78 is 44.8. The molecular weight excluding hydrogens is 567 g/mol. The van der Waals surface area contributed by atoms with Gasteiger partial charge >= 0.3 is 6.18 Å². The summed E-state index contributed by atoms with van der Waals surface area (Å²) in [5, 5.41) is 22.6. The molecule has 0 fully saturated rings. The standard InChI is InChI=1S/C24H14BrClF3N3O4/c25-20-9-15(10-21(26)22(20)36-13-14-4-6-19(7-5-14)32(34)35)8-16(12-30)23(33)31-18-3-1-2-17(11-18)24(27,28)29/h1-11H,13H2,(H,31,33)/b16-8-. The van der Waals surface area contributed by atoms with Crippen molar-refractivity contribution in [2.75, 3.05) is 5.32 Å². The predicted molar refractivity (Wildman–Crippen MR) is 130 cm³/mol. The van der Waals surface area contributed by atoms with E-state index in [9.17, 15) is 33.3 Å². The lowest BCUT2D eigenvalue weighted by atomic mass is 10.1. The minimum Gasteiger partial charge on any atom is -0.486 e. The van der Waals surface area contributed by atoms with Crippen LogP contribution in [-0.2, 0) is 17.6 Å². The van der Waals surface area contributed by atoms with Crippen molar-refractivity contribution in [3.8, 4) is 11.8 Å². The van der Waals surface area contributed by atoms with Crippen LogP contribution >= 0.6 is 27.5 Å². The highest BCUT2D eigenvalue weighted by molar-refractivity contribution is 9.10. The lowest BCUT2D eigenvalue weighted by Gasteiger charge is -2.12. The smallest absolute Gasteiger partial charge is 0.416 e. The van der Waals surface area contributed by atoms with E-state index in [1.807, 2.05) is 0 Å². The van der Waals surface area contributed by atoms with E-state index >= 15 is 0 Å². The number of ether oxygens (including phenoxy) is 1. The molecule has 36 heavy (non-hydrogen) atoms. The van der Waals surface area contributed by atoms with Crippen molar-refractivity contribution < 1.29 is 27.6 Å². The number of hydrogen-bond acceptors (Lipinski definition) is 5. The fourth-order valence-corrected chi connectivity index (χ4v) is 3.95. The lowest BCUT2D eigenvalue weighted by Crippen LogP contribution is -2.14. The van der Waals surface area contributed by atoms with Crippen LogP contribution in [0.5, 0.6) is 5.75 Å². The van der Waals surface area contributed by atoms with E-state index in [4.69, 9.17) is 16.3 Å². The number of carbonyl (C=O) groups excluding carboxylic acids is 1. The molecule has 0 heterocycles. The number of nitriles is 1. The monoisotopic (exact) mass is 579 g/mol. The molecule has 7 nitrogen and oxygen atoms in total. The Morgan fingerprint density at radius 2 is 1.89 bits per heavy atom. The van der Waals surface area contributed by atoms with E-state index in [1.54, 1.807) is 18.2 Å². The van der Waals surface area contributed by atoms with Crippen LogP contribution in [0, 0.1) is 21.4 Å². The number of nitrogens with one attached hydrogen (secondary N) is 1. The zero-order valence-corrected chi connectivity index (χ0v) is 20.3. The van der Waals surface area contributed by atoms with Crippen LogP contribution in [0.25, 0.3) is 6.08 Å². The third-order valence-electron chi connectivity index (χ3n) is 4.67. The molecule has 184 valence electrons. The Hall–Kier alpha value is -3.88. The summed E-state index contributed by atoms with van der Waals surface area (Å²) in [6.45, 7) is 0.0638. The van der Waals surface area contributed by atoms with E-state index in [1.165, 1.54) is 36.4 Å². The summed E-state index contributed by atoms with van der Waals surface area (Å²) >= 11 is 9.61. The Bertz CT molecular complexity index is 1360. The van der Waals surface area contributed by atoms with Crippen LogP contribution in [0.4, 0.5) is 24.5 Å². The molecule has 0 bridgehead atoms. The minimum atomic E-state index is -4.58. The van der Waals surface area contributed by atoms with Crippen molar-refractivity contribution in [2.45, 2.75) is 12.8 Å². The number of rotatable bonds is 7. The number of nitrogens with zero attached hydrogens (tertiary/aromatic N) is 2. The summed E-state index contributed by atoms with van der Waals surface area (Å²) in [5.41, 5.74) is -0.474. The minimum absolute atomic E-state index is 0.0560. The molecule has 0 aliphatic rings. The number of carbonyl (C=O) groups is 1. The van der Waals surface area contributed by atoms with Gasteiger partial charge in [0.15, 0.2) is 5.75 Å². The third kappa shape index (κ3) is 6.84. The van der Waals surface area contributed by atoms with Gasteiger partial charge in [-0.25, -0.2) is 0 Å². The first-order valence-corrected chi connectivity index (χ1v) is 11.1. The van der Waals surface area contributed by atoms with Crippen LogP contribution in [-0.4, -0.2) is 10.8 Å². The van der Waals surface area contributed by atoms with E-state index < -0.39 is 22.6 Å². The van der Waals surface area contributed by atoms with E-state index in [0.29, 0.717) is 15.6 Å². The second kappa shape index (κ2) is 11.2. The summed E-state index contributed by atoms with van der Waals surface area (Å²) in [6.07, 6.45) is -3.36. The van der Waals surface area contributed by atoms with E-state index in [0.717, 1.165) is 18.2 Å². The van der Waals surface area contributed by atoms with Gasteiger partial charge in [0.1, 0.15) is 18.2 Å². The van der Waals surface area contributed by atoms with Crippen LogP contribution in [0.3, 0.4) is 0 Å². The van der Waals surface area contributed by atoms with Gasteiger partial charge in [-0.05, 0) is 75.6 Å². The van der Waals surface area contributed by atoms with Crippen molar-refractivity contribution >= 4 is 50.9 Å². The molecule has 0 saturated heterocycles. The molecule has 0 saturated carbocycles. The van der Waals surface area contributed by atoms with Crippen molar-refractivity contribution in [1.82, 2.24) is 0 Å². The average molecular weight is 581 g/mol. The number of non-ortho nitro benzene ring substituents is 1. The van der Waals surface area contributed by atoms with Crippen molar-refractivity contribution in [1.29, 1.82) is 5.26 Å². The third-order valence-corrected chi connectivity index (χ3v) is 5.54. The maximum absolute atomic E-state index is 12.9. The molecule has 0 radical (unpaired) electrons. The van der Waals surface area contributed by atoms with Gasteiger partial charge in [0.2, 0.25) is 0 Å². The van der Waals surface area contributed by atoms with Gasteiger partial charge in [-0.3, -0.25) is 14.9 Å². The normalized spacial score (nSPS) is 11.5. The lowest BCUT2D eigenvalue weighted by molar-refractivity contribution is -0.384. The molecule has 3 aromatic rings. The van der Waals surface area contributed by atoms with Gasteiger partial charge in [0, 0.05) is 17.8 Å². The van der Waals surface area contributed by atoms with Gasteiger partial charge in [-0.15, -0.1) is 0 Å². The maximum atomic E-state index is 12.9. The molecule has 0 aliphatic heterocycles. The van der Waals surface area contributed by atoms with Gasteiger partial charge < -0.3 is 10.1 Å². The molecule has 3 aromatic carbocycles. The molecule has 0 aromatic heterocycles. The van der Waals surface area contributed by atoms with Crippen LogP contribution < -0.4 is 10.1 Å². The first-order chi connectivity index (χ1) is 17.0. The second-order valence-electron chi connectivity index (χ2n) is 7.23. The second-order valence-corrected chi connectivity index (χ2v) is 8.49. The summed E-state index contributed by atoms with van der Waals surface area (Å²) in [4.78, 5) is 22.7.